The zero-order valence-electron chi connectivity index (χ0n) is 10.4. The molecule has 0 N–H and O–H groups in total. The minimum absolute atomic E-state index is 0.0926. The smallest absolute Gasteiger partial charge is 0.337 e. The molecule has 0 saturated carbocycles. The van der Waals surface area contributed by atoms with E-state index in [1.165, 1.54) is 33.5 Å². The normalized spacial score (nSPS) is 9.22. The summed E-state index contributed by atoms with van der Waals surface area (Å²) >= 11 is 0. The topological polar surface area (TPSA) is 68.6 Å². The van der Waals surface area contributed by atoms with Crippen LogP contribution in [0.5, 0.6) is 11.5 Å². The van der Waals surface area contributed by atoms with Gasteiger partial charge in [-0.25, -0.2) is 4.79 Å². The number of esters is 1. The Morgan fingerprint density at radius 2 is 1.78 bits per heavy atom. The molecule has 0 aliphatic heterocycles. The first-order valence-corrected chi connectivity index (χ1v) is 5.02. The summed E-state index contributed by atoms with van der Waals surface area (Å²) in [6.07, 6.45) is 0. The van der Waals surface area contributed by atoms with Crippen LogP contribution in [0.3, 0.4) is 0 Å². The van der Waals surface area contributed by atoms with Crippen LogP contribution in [-0.4, -0.2) is 27.3 Å². The van der Waals surface area contributed by atoms with Crippen molar-refractivity contribution in [1.82, 2.24) is 0 Å². The van der Waals surface area contributed by atoms with E-state index in [9.17, 15) is 4.79 Å². The van der Waals surface area contributed by atoms with Crippen molar-refractivity contribution in [2.24, 2.45) is 0 Å². The molecule has 0 amide bonds. The van der Waals surface area contributed by atoms with E-state index in [1.807, 2.05) is 6.07 Å². The summed E-state index contributed by atoms with van der Waals surface area (Å²) in [5.74, 6) is 0.228. The summed E-state index contributed by atoms with van der Waals surface area (Å²) in [5.41, 5.74) is 0.722. The molecule has 0 aromatic heterocycles. The van der Waals surface area contributed by atoms with Crippen LogP contribution in [0.2, 0.25) is 0 Å². The number of hydrogen-bond donors (Lipinski definition) is 0. The van der Waals surface area contributed by atoms with E-state index in [1.54, 1.807) is 0 Å². The highest BCUT2D eigenvalue weighted by Crippen LogP contribution is 2.33. The molecule has 0 atom stereocenters. The quantitative estimate of drug-likeness (QED) is 0.599. The summed E-state index contributed by atoms with van der Waals surface area (Å²) in [5, 5.41) is 9.07. The van der Waals surface area contributed by atoms with Crippen LogP contribution in [0, 0.1) is 11.3 Å². The zero-order valence-corrected chi connectivity index (χ0v) is 10.4. The van der Waals surface area contributed by atoms with Gasteiger partial charge in [0, 0.05) is 11.6 Å². The fourth-order valence-electron chi connectivity index (χ4n) is 1.45. The Kier molecular flexibility index (Phi) is 4.33. The van der Waals surface area contributed by atoms with E-state index < -0.39 is 5.97 Å². The maximum absolute atomic E-state index is 11.4. The largest absolute Gasteiger partial charge is 0.493 e. The molecular formula is C13H13NO4. The number of nitriles is 1. The molecule has 94 valence electrons. The van der Waals surface area contributed by atoms with Gasteiger partial charge in [0.15, 0.2) is 11.5 Å². The molecule has 1 aromatic carbocycles. The maximum Gasteiger partial charge on any atom is 0.337 e. The average molecular weight is 247 g/mol. The van der Waals surface area contributed by atoms with Crippen molar-refractivity contribution in [2.75, 3.05) is 21.3 Å². The molecular weight excluding hydrogens is 234 g/mol. The second-order valence-electron chi connectivity index (χ2n) is 3.33. The molecule has 0 radical (unpaired) electrons. The van der Waals surface area contributed by atoms with Gasteiger partial charge in [0.1, 0.15) is 0 Å². The van der Waals surface area contributed by atoms with Gasteiger partial charge in [-0.3, -0.25) is 0 Å². The summed E-state index contributed by atoms with van der Waals surface area (Å²) in [4.78, 5) is 11.4. The van der Waals surface area contributed by atoms with Gasteiger partial charge >= 0.3 is 5.97 Å². The van der Waals surface area contributed by atoms with Crippen molar-refractivity contribution in [3.8, 4) is 17.6 Å². The van der Waals surface area contributed by atoms with Crippen LogP contribution in [0.4, 0.5) is 0 Å². The third-order valence-corrected chi connectivity index (χ3v) is 2.40. The van der Waals surface area contributed by atoms with Crippen molar-refractivity contribution in [3.63, 3.8) is 0 Å². The molecule has 0 fully saturated rings. The van der Waals surface area contributed by atoms with Gasteiger partial charge in [0.05, 0.1) is 38.5 Å². The van der Waals surface area contributed by atoms with Crippen LogP contribution in [0.15, 0.2) is 18.7 Å². The minimum Gasteiger partial charge on any atom is -0.493 e. The van der Waals surface area contributed by atoms with Crippen molar-refractivity contribution in [2.45, 2.75) is 0 Å². The summed E-state index contributed by atoms with van der Waals surface area (Å²) in [6.45, 7) is 3.61. The average Bonchev–Trinajstić information content (AvgIpc) is 2.43. The van der Waals surface area contributed by atoms with Gasteiger partial charge < -0.3 is 14.2 Å². The van der Waals surface area contributed by atoms with E-state index in [-0.39, 0.29) is 11.1 Å². The number of carbonyl (C=O) groups is 1. The monoisotopic (exact) mass is 247 g/mol. The number of ether oxygens (including phenoxy) is 3. The van der Waals surface area contributed by atoms with Gasteiger partial charge in [-0.15, -0.1) is 0 Å². The van der Waals surface area contributed by atoms with Crippen molar-refractivity contribution < 1.29 is 19.0 Å². The Labute approximate surface area is 105 Å². The van der Waals surface area contributed by atoms with Gasteiger partial charge in [-0.2, -0.15) is 5.26 Å². The molecule has 0 saturated heterocycles. The van der Waals surface area contributed by atoms with E-state index >= 15 is 0 Å². The Morgan fingerprint density at radius 1 is 1.22 bits per heavy atom. The lowest BCUT2D eigenvalue weighted by atomic mass is 10.0. The van der Waals surface area contributed by atoms with Crippen molar-refractivity contribution >= 4 is 11.5 Å². The molecule has 18 heavy (non-hydrogen) atoms. The van der Waals surface area contributed by atoms with E-state index in [2.05, 4.69) is 11.3 Å². The molecule has 5 heteroatoms. The van der Waals surface area contributed by atoms with E-state index in [0.717, 1.165) is 0 Å². The molecule has 0 aliphatic rings. The highest BCUT2D eigenvalue weighted by Gasteiger charge is 2.17. The van der Waals surface area contributed by atoms with Gasteiger partial charge in [0.25, 0.3) is 0 Å². The first-order valence-electron chi connectivity index (χ1n) is 5.02. The lowest BCUT2D eigenvalue weighted by Gasteiger charge is -2.12. The second kappa shape index (κ2) is 5.73. The minimum atomic E-state index is -0.598. The number of nitrogens with zero attached hydrogens (tertiary/aromatic N) is 1. The summed E-state index contributed by atoms with van der Waals surface area (Å²) in [6, 6.07) is 4.99. The van der Waals surface area contributed by atoms with Gasteiger partial charge in [-0.05, 0) is 6.07 Å². The van der Waals surface area contributed by atoms with Gasteiger partial charge in [0.2, 0.25) is 0 Å². The van der Waals surface area contributed by atoms with Crippen LogP contribution < -0.4 is 9.47 Å². The number of rotatable bonds is 4. The van der Waals surface area contributed by atoms with Crippen LogP contribution in [-0.2, 0) is 9.53 Å². The molecule has 1 rings (SSSR count). The molecule has 0 bridgehead atoms. The van der Waals surface area contributed by atoms with Crippen molar-refractivity contribution in [3.05, 3.63) is 29.8 Å². The first kappa shape index (κ1) is 13.6. The number of hydrogen-bond acceptors (Lipinski definition) is 5. The number of benzene rings is 1. The molecule has 1 aromatic rings. The third-order valence-electron chi connectivity index (χ3n) is 2.40. The summed E-state index contributed by atoms with van der Waals surface area (Å²) in [7, 11) is 4.18. The Hall–Kier alpha value is -2.48. The lowest BCUT2D eigenvalue weighted by molar-refractivity contribution is -0.133. The van der Waals surface area contributed by atoms with E-state index in [4.69, 9.17) is 14.7 Å². The third kappa shape index (κ3) is 2.43. The SMILES string of the molecule is C=C(C(=O)OC)c1cc(OC)c(OC)cc1C#N. The van der Waals surface area contributed by atoms with Crippen LogP contribution in [0.25, 0.3) is 5.57 Å². The predicted octanol–water partition coefficient (Wildman–Crippen LogP) is 1.76. The fraction of sp³-hybridized carbons (Fsp3) is 0.231. The maximum atomic E-state index is 11.4. The Morgan fingerprint density at radius 3 is 2.22 bits per heavy atom. The molecule has 5 nitrogen and oxygen atoms in total. The van der Waals surface area contributed by atoms with Crippen LogP contribution in [0.1, 0.15) is 11.1 Å². The highest BCUT2D eigenvalue weighted by molar-refractivity contribution is 6.16. The van der Waals surface area contributed by atoms with Crippen LogP contribution >= 0.6 is 0 Å². The van der Waals surface area contributed by atoms with E-state index in [0.29, 0.717) is 17.1 Å². The molecule has 0 spiro atoms. The molecule has 0 unspecified atom stereocenters. The molecule has 0 aliphatic carbocycles. The second-order valence-corrected chi connectivity index (χ2v) is 3.33. The predicted molar refractivity (Wildman–Crippen MR) is 65.3 cm³/mol. The molecule has 0 heterocycles. The zero-order chi connectivity index (χ0) is 13.7. The Bertz CT molecular complexity index is 529. The van der Waals surface area contributed by atoms with Gasteiger partial charge in [-0.1, -0.05) is 6.58 Å². The Balaban J connectivity index is 3.40. The summed E-state index contributed by atoms with van der Waals surface area (Å²) < 4.78 is 14.8. The standard InChI is InChI=1S/C13H13NO4/c1-8(13(15)18-4)10-6-12(17-3)11(16-2)5-9(10)7-14/h5-6H,1H2,2-4H3. The fourth-order valence-corrected chi connectivity index (χ4v) is 1.45. The number of carbonyl (C=O) groups excluding carboxylic acids is 1. The van der Waals surface area contributed by atoms with Crippen molar-refractivity contribution in [1.29, 1.82) is 5.26 Å². The lowest BCUT2D eigenvalue weighted by Crippen LogP contribution is -2.05. The number of methoxy groups -OCH3 is 3. The highest BCUT2D eigenvalue weighted by atomic mass is 16.5. The first-order chi connectivity index (χ1) is 8.58.